The Labute approximate surface area is 163 Å². The third-order valence-corrected chi connectivity index (χ3v) is 5.26. The third-order valence-electron chi connectivity index (χ3n) is 5.00. The van der Waals surface area contributed by atoms with E-state index in [1.807, 2.05) is 17.2 Å². The summed E-state index contributed by atoms with van der Waals surface area (Å²) in [6.07, 6.45) is 4.24. The number of carbonyl (C=O) groups excluding carboxylic acids is 1. The van der Waals surface area contributed by atoms with E-state index in [2.05, 4.69) is 20.1 Å². The van der Waals surface area contributed by atoms with Crippen molar-refractivity contribution >= 4 is 35.1 Å². The number of nitrogens with one attached hydrogen (secondary N) is 1. The number of urea groups is 1. The Morgan fingerprint density at radius 3 is 2.33 bits per heavy atom. The van der Waals surface area contributed by atoms with Crippen molar-refractivity contribution in [3.05, 3.63) is 41.6 Å². The van der Waals surface area contributed by atoms with Crippen molar-refractivity contribution in [2.45, 2.75) is 12.8 Å². The Morgan fingerprint density at radius 1 is 0.926 bits per heavy atom. The first kappa shape index (κ1) is 17.9. The molecule has 2 fully saturated rings. The van der Waals surface area contributed by atoms with Crippen LogP contribution in [0.2, 0.25) is 5.02 Å². The van der Waals surface area contributed by atoms with Gasteiger partial charge in [-0.15, -0.1) is 0 Å². The topological polar surface area (TPSA) is 64.6 Å². The maximum absolute atomic E-state index is 12.5. The molecular weight excluding hydrogens is 364 g/mol. The fourth-order valence-electron chi connectivity index (χ4n) is 3.46. The number of piperazine rings is 1. The molecule has 2 aromatic rings. The first-order chi connectivity index (χ1) is 13.2. The highest BCUT2D eigenvalue weighted by atomic mass is 35.5. The van der Waals surface area contributed by atoms with Crippen LogP contribution in [0.5, 0.6) is 0 Å². The predicted molar refractivity (Wildman–Crippen MR) is 108 cm³/mol. The fourth-order valence-corrected chi connectivity index (χ4v) is 3.59. The Bertz CT molecular complexity index is 785. The van der Waals surface area contributed by atoms with Crippen LogP contribution in [0, 0.1) is 0 Å². The van der Waals surface area contributed by atoms with E-state index in [9.17, 15) is 4.79 Å². The second kappa shape index (κ2) is 8.00. The van der Waals surface area contributed by atoms with Crippen molar-refractivity contribution in [1.82, 2.24) is 14.9 Å². The molecule has 0 spiro atoms. The van der Waals surface area contributed by atoms with Crippen LogP contribution in [-0.2, 0) is 0 Å². The average molecular weight is 387 g/mol. The fraction of sp³-hybridized carbons (Fsp3) is 0.421. The minimum Gasteiger partial charge on any atom is -0.353 e. The number of anilines is 3. The van der Waals surface area contributed by atoms with Crippen LogP contribution in [0.25, 0.3) is 0 Å². The quantitative estimate of drug-likeness (QED) is 0.878. The maximum Gasteiger partial charge on any atom is 0.321 e. The second-order valence-electron chi connectivity index (χ2n) is 6.82. The van der Waals surface area contributed by atoms with E-state index < -0.39 is 0 Å². The lowest BCUT2D eigenvalue weighted by Crippen LogP contribution is -2.50. The summed E-state index contributed by atoms with van der Waals surface area (Å²) in [6.45, 7) is 4.88. The second-order valence-corrected chi connectivity index (χ2v) is 7.26. The molecule has 7 nitrogen and oxygen atoms in total. The Balaban J connectivity index is 1.34. The summed E-state index contributed by atoms with van der Waals surface area (Å²) in [5, 5.41) is 3.57. The van der Waals surface area contributed by atoms with E-state index in [1.165, 1.54) is 12.8 Å². The van der Waals surface area contributed by atoms with Gasteiger partial charge in [-0.05, 0) is 43.2 Å². The van der Waals surface area contributed by atoms with Crippen LogP contribution in [0.3, 0.4) is 0 Å². The number of rotatable bonds is 3. The summed E-state index contributed by atoms with van der Waals surface area (Å²) in [5.74, 6) is 1.75. The largest absolute Gasteiger partial charge is 0.353 e. The van der Waals surface area contributed by atoms with Crippen LogP contribution in [0.4, 0.5) is 22.2 Å². The molecule has 1 aromatic carbocycles. The lowest BCUT2D eigenvalue weighted by molar-refractivity contribution is 0.208. The van der Waals surface area contributed by atoms with Crippen LogP contribution in [-0.4, -0.2) is 60.2 Å². The SMILES string of the molecule is O=C(Nc1ccc(Cl)cc1)N1CCN(c2ccnc(N3CCCC3)n2)CC1. The van der Waals surface area contributed by atoms with Crippen molar-refractivity contribution in [2.24, 2.45) is 0 Å². The summed E-state index contributed by atoms with van der Waals surface area (Å²) in [7, 11) is 0. The molecular formula is C19H23ClN6O. The molecule has 27 heavy (non-hydrogen) atoms. The minimum atomic E-state index is -0.0857. The number of nitrogens with zero attached hydrogens (tertiary/aromatic N) is 5. The molecule has 142 valence electrons. The maximum atomic E-state index is 12.5. The molecule has 2 aliphatic rings. The molecule has 2 amide bonds. The molecule has 0 aliphatic carbocycles. The number of hydrogen-bond donors (Lipinski definition) is 1. The van der Waals surface area contributed by atoms with Crippen molar-refractivity contribution in [3.63, 3.8) is 0 Å². The predicted octanol–water partition coefficient (Wildman–Crippen LogP) is 3.08. The summed E-state index contributed by atoms with van der Waals surface area (Å²) in [6, 6.07) is 9.00. The highest BCUT2D eigenvalue weighted by molar-refractivity contribution is 6.30. The van der Waals surface area contributed by atoms with E-state index in [0.717, 1.165) is 43.6 Å². The van der Waals surface area contributed by atoms with Gasteiger partial charge in [0.2, 0.25) is 5.95 Å². The monoisotopic (exact) mass is 386 g/mol. The highest BCUT2D eigenvalue weighted by Crippen LogP contribution is 2.20. The molecule has 0 saturated carbocycles. The molecule has 0 atom stereocenters. The van der Waals surface area contributed by atoms with Gasteiger partial charge in [0.05, 0.1) is 0 Å². The van der Waals surface area contributed by atoms with Crippen molar-refractivity contribution in [2.75, 3.05) is 54.4 Å². The third kappa shape index (κ3) is 4.24. The zero-order valence-electron chi connectivity index (χ0n) is 15.1. The van der Waals surface area contributed by atoms with Crippen molar-refractivity contribution < 1.29 is 4.79 Å². The van der Waals surface area contributed by atoms with Crippen LogP contribution in [0.1, 0.15) is 12.8 Å². The Morgan fingerprint density at radius 2 is 1.63 bits per heavy atom. The van der Waals surface area contributed by atoms with E-state index in [4.69, 9.17) is 16.6 Å². The zero-order chi connectivity index (χ0) is 18.6. The van der Waals surface area contributed by atoms with Gasteiger partial charge in [0.1, 0.15) is 5.82 Å². The molecule has 3 heterocycles. The smallest absolute Gasteiger partial charge is 0.321 e. The van der Waals surface area contributed by atoms with E-state index in [1.54, 1.807) is 24.3 Å². The lowest BCUT2D eigenvalue weighted by atomic mass is 10.3. The van der Waals surface area contributed by atoms with Crippen molar-refractivity contribution in [1.29, 1.82) is 0 Å². The molecule has 2 saturated heterocycles. The summed E-state index contributed by atoms with van der Waals surface area (Å²) < 4.78 is 0. The summed E-state index contributed by atoms with van der Waals surface area (Å²) in [4.78, 5) is 27.9. The first-order valence-corrected chi connectivity index (χ1v) is 9.71. The molecule has 0 unspecified atom stereocenters. The van der Waals surface area contributed by atoms with Gasteiger partial charge in [0.15, 0.2) is 0 Å². The van der Waals surface area contributed by atoms with E-state index >= 15 is 0 Å². The lowest BCUT2D eigenvalue weighted by Gasteiger charge is -2.35. The molecule has 1 aromatic heterocycles. The van der Waals surface area contributed by atoms with Gasteiger partial charge in [-0.3, -0.25) is 0 Å². The number of hydrogen-bond acceptors (Lipinski definition) is 5. The van der Waals surface area contributed by atoms with Gasteiger partial charge in [-0.1, -0.05) is 11.6 Å². The van der Waals surface area contributed by atoms with Crippen molar-refractivity contribution in [3.8, 4) is 0 Å². The van der Waals surface area contributed by atoms with Crippen LogP contribution < -0.4 is 15.1 Å². The van der Waals surface area contributed by atoms with Gasteiger partial charge >= 0.3 is 6.03 Å². The summed E-state index contributed by atoms with van der Waals surface area (Å²) in [5.41, 5.74) is 0.748. The number of aromatic nitrogens is 2. The van der Waals surface area contributed by atoms with Crippen LogP contribution in [0.15, 0.2) is 36.5 Å². The standard InChI is InChI=1S/C19H23ClN6O/c20-15-3-5-16(6-4-15)22-19(27)26-13-11-24(12-14-26)17-7-8-21-18(23-17)25-9-1-2-10-25/h3-8H,1-2,9-14H2,(H,22,27). The highest BCUT2D eigenvalue weighted by Gasteiger charge is 2.23. The number of carbonyl (C=O) groups is 1. The molecule has 4 rings (SSSR count). The Kier molecular flexibility index (Phi) is 5.29. The van der Waals surface area contributed by atoms with Gasteiger partial charge in [0.25, 0.3) is 0 Å². The normalized spacial score (nSPS) is 17.3. The molecule has 0 bridgehead atoms. The first-order valence-electron chi connectivity index (χ1n) is 9.33. The van der Waals surface area contributed by atoms with Gasteiger partial charge in [-0.25, -0.2) is 9.78 Å². The Hall–Kier alpha value is -2.54. The molecule has 0 radical (unpaired) electrons. The summed E-state index contributed by atoms with van der Waals surface area (Å²) >= 11 is 5.88. The number of amides is 2. The van der Waals surface area contributed by atoms with E-state index in [-0.39, 0.29) is 6.03 Å². The molecule has 1 N–H and O–H groups in total. The van der Waals surface area contributed by atoms with Crippen LogP contribution >= 0.6 is 11.6 Å². The number of benzene rings is 1. The van der Waals surface area contributed by atoms with Gasteiger partial charge in [-0.2, -0.15) is 4.98 Å². The zero-order valence-corrected chi connectivity index (χ0v) is 15.9. The average Bonchev–Trinajstić information content (AvgIpc) is 3.25. The minimum absolute atomic E-state index is 0.0857. The molecule has 8 heteroatoms. The van der Waals surface area contributed by atoms with Gasteiger partial charge in [0, 0.05) is 56.2 Å². The van der Waals surface area contributed by atoms with E-state index in [0.29, 0.717) is 18.1 Å². The van der Waals surface area contributed by atoms with Gasteiger partial charge < -0.3 is 20.0 Å². The number of halogens is 1. The molecule has 2 aliphatic heterocycles.